The van der Waals surface area contributed by atoms with E-state index in [-0.39, 0.29) is 0 Å². The number of rotatable bonds is 3. The minimum absolute atomic E-state index is 1.01. The molecule has 4 heterocycles. The lowest BCUT2D eigenvalue weighted by atomic mass is 10.2. The average Bonchev–Trinajstić information content (AvgIpc) is 3.05. The topological polar surface area (TPSA) is 32.3 Å². The Morgan fingerprint density at radius 2 is 1.77 bits per heavy atom. The van der Waals surface area contributed by atoms with Crippen molar-refractivity contribution in [1.29, 1.82) is 0 Å². The first kappa shape index (κ1) is 13.7. The fourth-order valence-electron chi connectivity index (χ4n) is 3.00. The van der Waals surface area contributed by atoms with Crippen molar-refractivity contribution in [2.24, 2.45) is 0 Å². The third-order valence-electron chi connectivity index (χ3n) is 4.19. The van der Waals surface area contributed by atoms with Crippen molar-refractivity contribution in [2.45, 2.75) is 6.54 Å². The molecule has 1 saturated heterocycles. The van der Waals surface area contributed by atoms with Gasteiger partial charge in [-0.25, -0.2) is 0 Å². The predicted molar refractivity (Wildman–Crippen MR) is 91.3 cm³/mol. The van der Waals surface area contributed by atoms with Crippen LogP contribution in [0.4, 0.5) is 5.69 Å². The number of pyridine rings is 2. The van der Waals surface area contributed by atoms with Gasteiger partial charge in [-0.2, -0.15) is 0 Å². The summed E-state index contributed by atoms with van der Waals surface area (Å²) in [4.78, 5) is 13.5. The highest BCUT2D eigenvalue weighted by atomic mass is 32.1. The third-order valence-corrected chi connectivity index (χ3v) is 5.12. The van der Waals surface area contributed by atoms with Gasteiger partial charge in [0.2, 0.25) is 0 Å². The van der Waals surface area contributed by atoms with Crippen molar-refractivity contribution in [1.82, 2.24) is 14.9 Å². The van der Waals surface area contributed by atoms with E-state index in [9.17, 15) is 0 Å². The van der Waals surface area contributed by atoms with Crippen LogP contribution in [0.25, 0.3) is 10.2 Å². The third kappa shape index (κ3) is 2.69. The second-order valence-electron chi connectivity index (χ2n) is 5.58. The van der Waals surface area contributed by atoms with Crippen LogP contribution >= 0.6 is 11.3 Å². The first-order valence-electron chi connectivity index (χ1n) is 7.58. The summed E-state index contributed by atoms with van der Waals surface area (Å²) in [7, 11) is 0. The highest BCUT2D eigenvalue weighted by molar-refractivity contribution is 7.17. The van der Waals surface area contributed by atoms with E-state index in [1.165, 1.54) is 16.0 Å². The number of hydrogen-bond donors (Lipinski definition) is 0. The lowest BCUT2D eigenvalue weighted by molar-refractivity contribution is 0.250. The monoisotopic (exact) mass is 310 g/mol. The van der Waals surface area contributed by atoms with Gasteiger partial charge in [-0.1, -0.05) is 0 Å². The largest absolute Gasteiger partial charge is 0.368 e. The van der Waals surface area contributed by atoms with E-state index in [0.717, 1.165) is 38.2 Å². The van der Waals surface area contributed by atoms with E-state index in [1.807, 2.05) is 18.6 Å². The van der Waals surface area contributed by atoms with Crippen molar-refractivity contribution in [3.05, 3.63) is 53.8 Å². The molecule has 22 heavy (non-hydrogen) atoms. The van der Waals surface area contributed by atoms with Gasteiger partial charge in [-0.15, -0.1) is 11.3 Å². The molecule has 4 nitrogen and oxygen atoms in total. The second kappa shape index (κ2) is 6.02. The molecule has 4 rings (SSSR count). The van der Waals surface area contributed by atoms with E-state index in [0.29, 0.717) is 0 Å². The summed E-state index contributed by atoms with van der Waals surface area (Å²) in [6, 6.07) is 8.45. The summed E-state index contributed by atoms with van der Waals surface area (Å²) < 4.78 is 1.31. The molecular weight excluding hydrogens is 292 g/mol. The fourth-order valence-corrected chi connectivity index (χ4v) is 3.89. The van der Waals surface area contributed by atoms with Gasteiger partial charge in [0.05, 0.1) is 15.9 Å². The molecule has 0 unspecified atom stereocenters. The number of fused-ring (bicyclic) bond motifs is 1. The number of anilines is 1. The van der Waals surface area contributed by atoms with Gasteiger partial charge in [0.1, 0.15) is 0 Å². The summed E-state index contributed by atoms with van der Waals surface area (Å²) in [6.07, 6.45) is 5.67. The highest BCUT2D eigenvalue weighted by Gasteiger charge is 2.19. The number of aromatic nitrogens is 2. The minimum atomic E-state index is 1.01. The lowest BCUT2D eigenvalue weighted by Gasteiger charge is -2.36. The van der Waals surface area contributed by atoms with Gasteiger partial charge in [-0.05, 0) is 35.2 Å². The Labute approximate surface area is 134 Å². The normalized spacial score (nSPS) is 16.3. The van der Waals surface area contributed by atoms with Crippen LogP contribution in [0.5, 0.6) is 0 Å². The zero-order chi connectivity index (χ0) is 14.8. The molecule has 1 aliphatic rings. The summed E-state index contributed by atoms with van der Waals surface area (Å²) >= 11 is 1.79. The van der Waals surface area contributed by atoms with Gasteiger partial charge < -0.3 is 4.90 Å². The Balaban J connectivity index is 1.45. The van der Waals surface area contributed by atoms with E-state index in [2.05, 4.69) is 49.4 Å². The van der Waals surface area contributed by atoms with Crippen LogP contribution in [0.2, 0.25) is 0 Å². The first-order valence-corrected chi connectivity index (χ1v) is 8.46. The predicted octanol–water partition coefficient (Wildman–Crippen LogP) is 3.01. The molecule has 5 heteroatoms. The van der Waals surface area contributed by atoms with Gasteiger partial charge in [0, 0.05) is 51.3 Å². The van der Waals surface area contributed by atoms with Crippen molar-refractivity contribution >= 4 is 27.2 Å². The van der Waals surface area contributed by atoms with Crippen molar-refractivity contribution in [2.75, 3.05) is 31.1 Å². The van der Waals surface area contributed by atoms with Gasteiger partial charge in [0.15, 0.2) is 0 Å². The molecule has 0 radical (unpaired) electrons. The summed E-state index contributed by atoms with van der Waals surface area (Å²) in [6.45, 7) is 5.35. The van der Waals surface area contributed by atoms with Crippen molar-refractivity contribution in [3.8, 4) is 0 Å². The quantitative estimate of drug-likeness (QED) is 0.744. The summed E-state index contributed by atoms with van der Waals surface area (Å²) in [5, 5.41) is 2.13. The molecule has 0 N–H and O–H groups in total. The first-order chi connectivity index (χ1) is 10.9. The van der Waals surface area contributed by atoms with Gasteiger partial charge in [0.25, 0.3) is 0 Å². The van der Waals surface area contributed by atoms with E-state index in [4.69, 9.17) is 0 Å². The van der Waals surface area contributed by atoms with Crippen molar-refractivity contribution < 1.29 is 0 Å². The second-order valence-corrected chi connectivity index (χ2v) is 6.50. The zero-order valence-electron chi connectivity index (χ0n) is 12.4. The Morgan fingerprint density at radius 1 is 0.955 bits per heavy atom. The van der Waals surface area contributed by atoms with Crippen LogP contribution in [-0.2, 0) is 6.54 Å². The summed E-state index contributed by atoms with van der Waals surface area (Å²) in [5.41, 5.74) is 3.79. The molecule has 0 aromatic carbocycles. The van der Waals surface area contributed by atoms with E-state index < -0.39 is 0 Å². The SMILES string of the molecule is c1cc(CN2CCN(c3ccnc4ccsc34)CC2)ccn1. The molecule has 0 aliphatic carbocycles. The van der Waals surface area contributed by atoms with Crippen molar-refractivity contribution in [3.63, 3.8) is 0 Å². The Kier molecular flexibility index (Phi) is 3.74. The lowest BCUT2D eigenvalue weighted by Crippen LogP contribution is -2.46. The Hall–Kier alpha value is -1.98. The van der Waals surface area contributed by atoms with Crippen LogP contribution < -0.4 is 4.90 Å². The zero-order valence-corrected chi connectivity index (χ0v) is 13.2. The Bertz CT molecular complexity index is 747. The molecule has 0 bridgehead atoms. The Morgan fingerprint density at radius 3 is 2.59 bits per heavy atom. The van der Waals surface area contributed by atoms with Crippen LogP contribution in [0.1, 0.15) is 5.56 Å². The maximum atomic E-state index is 4.43. The molecule has 1 aliphatic heterocycles. The minimum Gasteiger partial charge on any atom is -0.368 e. The molecule has 0 spiro atoms. The number of hydrogen-bond acceptors (Lipinski definition) is 5. The highest BCUT2D eigenvalue weighted by Crippen LogP contribution is 2.30. The van der Waals surface area contributed by atoms with E-state index >= 15 is 0 Å². The van der Waals surface area contributed by atoms with E-state index in [1.54, 1.807) is 11.3 Å². The molecule has 0 amide bonds. The standard InChI is InChI=1S/C17H18N4S/c1-5-18-6-2-14(1)13-20-8-10-21(11-9-20)16-3-7-19-15-4-12-22-17(15)16/h1-7,12H,8-11,13H2. The molecule has 0 atom stereocenters. The number of thiophene rings is 1. The van der Waals surface area contributed by atoms with Crippen LogP contribution in [0, 0.1) is 0 Å². The van der Waals surface area contributed by atoms with Crippen LogP contribution in [-0.4, -0.2) is 41.0 Å². The average molecular weight is 310 g/mol. The number of piperazine rings is 1. The maximum absolute atomic E-state index is 4.43. The summed E-state index contributed by atoms with van der Waals surface area (Å²) in [5.74, 6) is 0. The fraction of sp³-hybridized carbons (Fsp3) is 0.294. The van der Waals surface area contributed by atoms with Gasteiger partial charge >= 0.3 is 0 Å². The van der Waals surface area contributed by atoms with Gasteiger partial charge in [-0.3, -0.25) is 14.9 Å². The van der Waals surface area contributed by atoms with Crippen LogP contribution in [0.3, 0.4) is 0 Å². The molecule has 0 saturated carbocycles. The molecule has 3 aromatic heterocycles. The maximum Gasteiger partial charge on any atom is 0.0830 e. The molecule has 3 aromatic rings. The molecular formula is C17H18N4S. The smallest absolute Gasteiger partial charge is 0.0830 e. The molecule has 1 fully saturated rings. The number of nitrogens with zero attached hydrogens (tertiary/aromatic N) is 4. The van der Waals surface area contributed by atoms with Crippen LogP contribution in [0.15, 0.2) is 48.2 Å². The molecule has 112 valence electrons.